The first-order chi connectivity index (χ1) is 19.7. The molecule has 0 atom stereocenters. The van der Waals surface area contributed by atoms with Gasteiger partial charge >= 0.3 is 0 Å². The second-order valence-corrected chi connectivity index (χ2v) is 14.1. The van der Waals surface area contributed by atoms with E-state index >= 15 is 0 Å². The molecule has 13 heteroatoms. The minimum atomic E-state index is -0.0278. The van der Waals surface area contributed by atoms with Crippen molar-refractivity contribution >= 4 is 70.5 Å². The Bertz CT molecular complexity index is 1290. The summed E-state index contributed by atoms with van der Waals surface area (Å²) < 4.78 is 0. The number of hydrogen-bond acceptors (Lipinski definition) is 9. The average Bonchev–Trinajstić information content (AvgIpc) is 3.34. The van der Waals surface area contributed by atoms with Crippen LogP contribution in [-0.2, 0) is 0 Å². The number of nitrogens with one attached hydrogen (secondary N) is 2. The number of likely N-dealkylation sites (tertiary alicyclic amines) is 2. The van der Waals surface area contributed by atoms with Crippen LogP contribution >= 0.6 is 47.8 Å². The standard InChI is InChI=1S/C17H19N7.C6H12N2.C5H9Br3O/c1-23-7-17(8-23)9-24(10-17)13-3-5-19-15-14(13)11(6-21-15)12-2-4-20-16(18)22-12;1-8-4-6(5-8)2-7-3-6;6-1-5(2-7,3-8)4-9/h2-6H,7-10H2,1H3,(H,19,21)(H2,18,20,22);7H,2-5H2,1H3;9H,1-4H2. The number of fused-ring (bicyclic) bond motifs is 1. The molecule has 4 saturated heterocycles. The molecule has 3 aromatic rings. The number of nitrogens with two attached hydrogens (primary N) is 1. The SMILES string of the molecule is CN1CC2(C1)CN(c1ccnc3[nH]cc(-c4ccnc(N)n4)c13)C2.CN1CC2(CNC2)C1.OCC(CBr)(CBr)CBr. The lowest BCUT2D eigenvalue weighted by Crippen LogP contribution is -2.71. The van der Waals surface area contributed by atoms with E-state index in [2.05, 4.69) is 108 Å². The first-order valence-electron chi connectivity index (χ1n) is 13.9. The van der Waals surface area contributed by atoms with Gasteiger partial charge in [0.25, 0.3) is 0 Å². The molecule has 0 amide bonds. The topological polar surface area (TPSA) is 122 Å². The van der Waals surface area contributed by atoms with Crippen molar-refractivity contribution in [2.24, 2.45) is 16.2 Å². The quantitative estimate of drug-likeness (QED) is 0.282. The molecule has 224 valence electrons. The van der Waals surface area contributed by atoms with E-state index in [0.717, 1.165) is 56.8 Å². The van der Waals surface area contributed by atoms with Gasteiger partial charge in [0.1, 0.15) is 5.65 Å². The third-order valence-corrected chi connectivity index (χ3v) is 12.1. The van der Waals surface area contributed by atoms with Crippen molar-refractivity contribution in [1.29, 1.82) is 0 Å². The summed E-state index contributed by atoms with van der Waals surface area (Å²) >= 11 is 10.0. The number of rotatable bonds is 6. The van der Waals surface area contributed by atoms with E-state index < -0.39 is 0 Å². The Morgan fingerprint density at radius 1 is 0.927 bits per heavy atom. The van der Waals surface area contributed by atoms with E-state index in [1.807, 2.05) is 18.5 Å². The number of anilines is 2. The summed E-state index contributed by atoms with van der Waals surface area (Å²) in [6, 6.07) is 3.98. The van der Waals surface area contributed by atoms with Gasteiger partial charge in [-0.2, -0.15) is 0 Å². The lowest BCUT2D eigenvalue weighted by atomic mass is 9.73. The number of alkyl halides is 3. The first-order valence-corrected chi connectivity index (χ1v) is 17.2. The van der Waals surface area contributed by atoms with Crippen molar-refractivity contribution in [3.05, 3.63) is 30.7 Å². The lowest BCUT2D eigenvalue weighted by Gasteiger charge is -2.60. The Balaban J connectivity index is 0.000000163. The van der Waals surface area contributed by atoms with Crippen molar-refractivity contribution in [3.8, 4) is 11.3 Å². The predicted octanol–water partition coefficient (Wildman–Crippen LogP) is 3.03. The van der Waals surface area contributed by atoms with Crippen LogP contribution in [0.3, 0.4) is 0 Å². The highest BCUT2D eigenvalue weighted by Gasteiger charge is 2.50. The fourth-order valence-electron chi connectivity index (χ4n) is 6.30. The van der Waals surface area contributed by atoms with Gasteiger partial charge in [0.05, 0.1) is 23.4 Å². The molecule has 7 heterocycles. The highest BCUT2D eigenvalue weighted by atomic mass is 79.9. The highest BCUT2D eigenvalue weighted by Crippen LogP contribution is 2.44. The molecule has 41 heavy (non-hydrogen) atoms. The molecule has 4 fully saturated rings. The maximum Gasteiger partial charge on any atom is 0.220 e. The summed E-state index contributed by atoms with van der Waals surface area (Å²) in [7, 11) is 4.37. The molecule has 3 aromatic heterocycles. The number of pyridine rings is 1. The van der Waals surface area contributed by atoms with Gasteiger partial charge in [-0.3, -0.25) is 0 Å². The van der Waals surface area contributed by atoms with Crippen LogP contribution in [0.25, 0.3) is 22.3 Å². The molecule has 4 aliphatic heterocycles. The minimum absolute atomic E-state index is 0.0278. The third-order valence-electron chi connectivity index (χ3n) is 8.50. The van der Waals surface area contributed by atoms with Crippen molar-refractivity contribution in [2.75, 3.05) is 99.7 Å². The number of aromatic nitrogens is 4. The number of H-pyrrole nitrogens is 1. The van der Waals surface area contributed by atoms with E-state index in [4.69, 9.17) is 10.8 Å². The molecule has 0 unspecified atom stereocenters. The number of aromatic amines is 1. The van der Waals surface area contributed by atoms with Crippen molar-refractivity contribution < 1.29 is 5.11 Å². The molecule has 5 N–H and O–H groups in total. The Hall–Kier alpha value is -1.35. The van der Waals surface area contributed by atoms with E-state index in [9.17, 15) is 0 Å². The highest BCUT2D eigenvalue weighted by molar-refractivity contribution is 9.10. The maximum absolute atomic E-state index is 8.89. The molecule has 0 bridgehead atoms. The van der Waals surface area contributed by atoms with Crippen LogP contribution in [-0.4, -0.2) is 124 Å². The van der Waals surface area contributed by atoms with Gasteiger partial charge < -0.3 is 35.8 Å². The Labute approximate surface area is 267 Å². The maximum atomic E-state index is 8.89. The van der Waals surface area contributed by atoms with Crippen LogP contribution in [0.2, 0.25) is 0 Å². The van der Waals surface area contributed by atoms with Gasteiger partial charge in [-0.05, 0) is 26.2 Å². The summed E-state index contributed by atoms with van der Waals surface area (Å²) in [6.07, 6.45) is 5.51. The van der Waals surface area contributed by atoms with Crippen molar-refractivity contribution in [3.63, 3.8) is 0 Å². The molecule has 0 aromatic carbocycles. The molecular formula is C28H40Br3N9O. The summed E-state index contributed by atoms with van der Waals surface area (Å²) in [5, 5.41) is 15.7. The predicted molar refractivity (Wildman–Crippen MR) is 177 cm³/mol. The zero-order chi connectivity index (χ0) is 29.3. The number of hydrogen-bond donors (Lipinski definition) is 4. The fraction of sp³-hybridized carbons (Fsp3) is 0.607. The molecule has 0 radical (unpaired) electrons. The summed E-state index contributed by atoms with van der Waals surface area (Å²) in [5.41, 5.74) is 10.9. The zero-order valence-corrected chi connectivity index (χ0v) is 28.5. The van der Waals surface area contributed by atoms with E-state index in [-0.39, 0.29) is 18.0 Å². The number of halogens is 3. The van der Waals surface area contributed by atoms with Crippen LogP contribution in [0.4, 0.5) is 11.6 Å². The normalized spacial score (nSPS) is 20.7. The Kier molecular flexibility index (Phi) is 9.64. The van der Waals surface area contributed by atoms with Crippen LogP contribution in [0.1, 0.15) is 0 Å². The van der Waals surface area contributed by atoms with Gasteiger partial charge in [0.15, 0.2) is 0 Å². The monoisotopic (exact) mass is 755 g/mol. The summed E-state index contributed by atoms with van der Waals surface area (Å²) in [4.78, 5) is 23.3. The van der Waals surface area contributed by atoms with E-state index in [1.165, 1.54) is 45.0 Å². The number of nitrogen functional groups attached to an aromatic ring is 1. The summed E-state index contributed by atoms with van der Waals surface area (Å²) in [6.45, 7) is 9.96. The summed E-state index contributed by atoms with van der Waals surface area (Å²) in [5.74, 6) is 0.285. The largest absolute Gasteiger partial charge is 0.396 e. The zero-order valence-electron chi connectivity index (χ0n) is 23.7. The molecule has 10 nitrogen and oxygen atoms in total. The van der Waals surface area contributed by atoms with Gasteiger partial charge in [0.2, 0.25) is 5.95 Å². The van der Waals surface area contributed by atoms with Gasteiger partial charge in [-0.1, -0.05) is 47.8 Å². The van der Waals surface area contributed by atoms with Crippen molar-refractivity contribution in [1.82, 2.24) is 35.1 Å². The minimum Gasteiger partial charge on any atom is -0.396 e. The van der Waals surface area contributed by atoms with Gasteiger partial charge in [-0.25, -0.2) is 15.0 Å². The van der Waals surface area contributed by atoms with Crippen LogP contribution in [0.5, 0.6) is 0 Å². The fourth-order valence-corrected chi connectivity index (χ4v) is 9.61. The first kappa shape index (κ1) is 31.1. The number of aliphatic hydroxyl groups excluding tert-OH is 1. The molecule has 0 aliphatic carbocycles. The van der Waals surface area contributed by atoms with Crippen molar-refractivity contribution in [2.45, 2.75) is 0 Å². The Morgan fingerprint density at radius 2 is 1.54 bits per heavy atom. The van der Waals surface area contributed by atoms with Crippen LogP contribution in [0.15, 0.2) is 30.7 Å². The average molecular weight is 758 g/mol. The molecular weight excluding hydrogens is 718 g/mol. The second-order valence-electron chi connectivity index (χ2n) is 12.4. The van der Waals surface area contributed by atoms with Crippen LogP contribution in [0, 0.1) is 16.2 Å². The lowest BCUT2D eigenvalue weighted by molar-refractivity contribution is -0.0218. The van der Waals surface area contributed by atoms with Gasteiger partial charge in [0, 0.05) is 109 Å². The number of nitrogens with zero attached hydrogens (tertiary/aromatic N) is 6. The molecule has 4 aliphatic rings. The third kappa shape index (κ3) is 6.46. The molecule has 2 spiro atoms. The van der Waals surface area contributed by atoms with Gasteiger partial charge in [-0.15, -0.1) is 0 Å². The number of aliphatic hydroxyl groups is 1. The molecule has 7 rings (SSSR count). The van der Waals surface area contributed by atoms with E-state index in [0.29, 0.717) is 5.41 Å². The Morgan fingerprint density at radius 3 is 2.00 bits per heavy atom. The van der Waals surface area contributed by atoms with E-state index in [1.54, 1.807) is 6.20 Å². The molecule has 0 saturated carbocycles. The van der Waals surface area contributed by atoms with Crippen LogP contribution < -0.4 is 16.0 Å². The smallest absolute Gasteiger partial charge is 0.220 e. The second kappa shape index (κ2) is 12.7.